The minimum absolute atomic E-state index is 0.154. The van der Waals surface area contributed by atoms with Gasteiger partial charge in [0.1, 0.15) is 5.82 Å². The molecule has 4 nitrogen and oxygen atoms in total. The standard InChI is InChI=1S/C12H24N4/c1-4-6-10(3)11(15-13)12-14-7-9-16(12)8-5-2/h7,9-11,15H,4-6,8,13H2,1-3H3. The number of aryl methyl sites for hydroxylation is 1. The van der Waals surface area contributed by atoms with Crippen molar-refractivity contribution in [2.45, 2.75) is 52.6 Å². The molecule has 0 spiro atoms. The summed E-state index contributed by atoms with van der Waals surface area (Å²) in [5.41, 5.74) is 2.90. The number of aromatic nitrogens is 2. The van der Waals surface area contributed by atoms with E-state index in [1.165, 1.54) is 6.42 Å². The smallest absolute Gasteiger partial charge is 0.127 e. The molecule has 0 bridgehead atoms. The molecular weight excluding hydrogens is 200 g/mol. The van der Waals surface area contributed by atoms with Gasteiger partial charge in [0.15, 0.2) is 0 Å². The SMILES string of the molecule is CCCC(C)C(NN)c1nccn1CCC. The average Bonchev–Trinajstić information content (AvgIpc) is 2.69. The quantitative estimate of drug-likeness (QED) is 0.551. The van der Waals surface area contributed by atoms with Crippen molar-refractivity contribution in [3.8, 4) is 0 Å². The second kappa shape index (κ2) is 6.66. The number of hydrazine groups is 1. The third kappa shape index (κ3) is 3.06. The molecule has 0 amide bonds. The zero-order chi connectivity index (χ0) is 12.0. The van der Waals surface area contributed by atoms with E-state index in [9.17, 15) is 0 Å². The first-order valence-corrected chi connectivity index (χ1v) is 6.21. The number of nitrogens with zero attached hydrogens (tertiary/aromatic N) is 2. The Morgan fingerprint density at radius 3 is 2.75 bits per heavy atom. The first kappa shape index (κ1) is 13.2. The summed E-state index contributed by atoms with van der Waals surface area (Å²) < 4.78 is 2.19. The molecule has 0 saturated heterocycles. The Morgan fingerprint density at radius 1 is 1.44 bits per heavy atom. The molecule has 0 radical (unpaired) electrons. The fourth-order valence-corrected chi connectivity index (χ4v) is 2.14. The van der Waals surface area contributed by atoms with Gasteiger partial charge >= 0.3 is 0 Å². The van der Waals surface area contributed by atoms with Crippen LogP contribution in [0.3, 0.4) is 0 Å². The van der Waals surface area contributed by atoms with Crippen LogP contribution in [0.15, 0.2) is 12.4 Å². The average molecular weight is 224 g/mol. The number of hydrogen-bond donors (Lipinski definition) is 2. The molecular formula is C12H24N4. The van der Waals surface area contributed by atoms with E-state index in [4.69, 9.17) is 5.84 Å². The van der Waals surface area contributed by atoms with Crippen LogP contribution in [0.5, 0.6) is 0 Å². The Labute approximate surface area is 98.2 Å². The third-order valence-corrected chi connectivity index (χ3v) is 2.98. The lowest BCUT2D eigenvalue weighted by Gasteiger charge is -2.23. The second-order valence-electron chi connectivity index (χ2n) is 4.39. The van der Waals surface area contributed by atoms with E-state index in [-0.39, 0.29) is 6.04 Å². The molecule has 0 aliphatic heterocycles. The van der Waals surface area contributed by atoms with Crippen LogP contribution in [0.1, 0.15) is 51.9 Å². The number of nitrogens with two attached hydrogens (primary N) is 1. The van der Waals surface area contributed by atoms with E-state index in [1.54, 1.807) is 0 Å². The van der Waals surface area contributed by atoms with Crippen LogP contribution in [0, 0.1) is 5.92 Å². The van der Waals surface area contributed by atoms with Crippen LogP contribution in [-0.4, -0.2) is 9.55 Å². The molecule has 3 N–H and O–H groups in total. The first-order chi connectivity index (χ1) is 7.74. The topological polar surface area (TPSA) is 55.9 Å². The van der Waals surface area contributed by atoms with E-state index in [2.05, 4.69) is 35.7 Å². The first-order valence-electron chi connectivity index (χ1n) is 6.21. The normalized spacial score (nSPS) is 15.0. The van der Waals surface area contributed by atoms with Crippen LogP contribution in [0.25, 0.3) is 0 Å². The molecule has 92 valence electrons. The highest BCUT2D eigenvalue weighted by Gasteiger charge is 2.21. The maximum atomic E-state index is 5.66. The van der Waals surface area contributed by atoms with Crippen molar-refractivity contribution in [3.63, 3.8) is 0 Å². The van der Waals surface area contributed by atoms with Gasteiger partial charge in [-0.1, -0.05) is 27.2 Å². The zero-order valence-corrected chi connectivity index (χ0v) is 10.6. The lowest BCUT2D eigenvalue weighted by molar-refractivity contribution is 0.343. The summed E-state index contributed by atoms with van der Waals surface area (Å²) in [4.78, 5) is 4.43. The molecule has 1 aromatic heterocycles. The predicted molar refractivity (Wildman–Crippen MR) is 66.7 cm³/mol. The van der Waals surface area contributed by atoms with Crippen LogP contribution in [0.4, 0.5) is 0 Å². The molecule has 0 aliphatic carbocycles. The van der Waals surface area contributed by atoms with Crippen molar-refractivity contribution in [2.24, 2.45) is 11.8 Å². The van der Waals surface area contributed by atoms with Gasteiger partial charge in [0.25, 0.3) is 0 Å². The predicted octanol–water partition coefficient (Wildman–Crippen LogP) is 2.23. The van der Waals surface area contributed by atoms with Gasteiger partial charge in [0.05, 0.1) is 6.04 Å². The highest BCUT2D eigenvalue weighted by atomic mass is 15.3. The third-order valence-electron chi connectivity index (χ3n) is 2.98. The molecule has 2 unspecified atom stereocenters. The minimum atomic E-state index is 0.154. The molecule has 0 aromatic carbocycles. The van der Waals surface area contributed by atoms with Gasteiger partial charge in [-0.15, -0.1) is 0 Å². The highest BCUT2D eigenvalue weighted by molar-refractivity contribution is 5.00. The summed E-state index contributed by atoms with van der Waals surface area (Å²) in [5.74, 6) is 7.22. The molecule has 0 saturated carbocycles. The molecule has 2 atom stereocenters. The Balaban J connectivity index is 2.81. The largest absolute Gasteiger partial charge is 0.334 e. The van der Waals surface area contributed by atoms with Crippen molar-refractivity contribution < 1.29 is 0 Å². The summed E-state index contributed by atoms with van der Waals surface area (Å²) in [7, 11) is 0. The van der Waals surface area contributed by atoms with Crippen LogP contribution < -0.4 is 11.3 Å². The van der Waals surface area contributed by atoms with Crippen molar-refractivity contribution in [3.05, 3.63) is 18.2 Å². The number of hydrogen-bond acceptors (Lipinski definition) is 3. The Bertz CT molecular complexity index is 295. The molecule has 1 heterocycles. The van der Waals surface area contributed by atoms with Gasteiger partial charge in [-0.05, 0) is 18.8 Å². The maximum absolute atomic E-state index is 5.66. The fraction of sp³-hybridized carbons (Fsp3) is 0.750. The van der Waals surface area contributed by atoms with Crippen LogP contribution >= 0.6 is 0 Å². The molecule has 0 aliphatic rings. The van der Waals surface area contributed by atoms with E-state index in [0.29, 0.717) is 5.92 Å². The van der Waals surface area contributed by atoms with Crippen molar-refractivity contribution in [2.75, 3.05) is 0 Å². The van der Waals surface area contributed by atoms with Gasteiger partial charge in [-0.25, -0.2) is 10.4 Å². The summed E-state index contributed by atoms with van der Waals surface area (Å²) in [6.07, 6.45) is 7.33. The molecule has 0 fully saturated rings. The van der Waals surface area contributed by atoms with Gasteiger partial charge in [-0.2, -0.15) is 0 Å². The molecule has 1 aromatic rings. The van der Waals surface area contributed by atoms with Crippen LogP contribution in [-0.2, 0) is 6.54 Å². The summed E-state index contributed by atoms with van der Waals surface area (Å²) in [6.45, 7) is 7.60. The maximum Gasteiger partial charge on any atom is 0.127 e. The highest BCUT2D eigenvalue weighted by Crippen LogP contribution is 2.23. The monoisotopic (exact) mass is 224 g/mol. The van der Waals surface area contributed by atoms with Crippen LogP contribution in [0.2, 0.25) is 0 Å². The second-order valence-corrected chi connectivity index (χ2v) is 4.39. The van der Waals surface area contributed by atoms with Gasteiger partial charge in [0, 0.05) is 18.9 Å². The lowest BCUT2D eigenvalue weighted by atomic mass is 9.96. The van der Waals surface area contributed by atoms with Gasteiger partial charge < -0.3 is 4.57 Å². The van der Waals surface area contributed by atoms with Crippen molar-refractivity contribution in [1.82, 2.24) is 15.0 Å². The van der Waals surface area contributed by atoms with E-state index < -0.39 is 0 Å². The van der Waals surface area contributed by atoms with Crippen molar-refractivity contribution in [1.29, 1.82) is 0 Å². The summed E-state index contributed by atoms with van der Waals surface area (Å²) in [5, 5.41) is 0. The number of nitrogens with one attached hydrogen (secondary N) is 1. The molecule has 16 heavy (non-hydrogen) atoms. The summed E-state index contributed by atoms with van der Waals surface area (Å²) >= 11 is 0. The molecule has 1 rings (SSSR count). The van der Waals surface area contributed by atoms with Crippen molar-refractivity contribution >= 4 is 0 Å². The fourth-order valence-electron chi connectivity index (χ4n) is 2.14. The van der Waals surface area contributed by atoms with E-state index in [0.717, 1.165) is 25.2 Å². The minimum Gasteiger partial charge on any atom is -0.334 e. The lowest BCUT2D eigenvalue weighted by Crippen LogP contribution is -2.34. The van der Waals surface area contributed by atoms with E-state index in [1.807, 2.05) is 12.4 Å². The van der Waals surface area contributed by atoms with Gasteiger partial charge in [-0.3, -0.25) is 5.84 Å². The molecule has 4 heteroatoms. The number of rotatable bonds is 7. The Hall–Kier alpha value is -0.870. The number of imidazole rings is 1. The Kier molecular flexibility index (Phi) is 5.49. The zero-order valence-electron chi connectivity index (χ0n) is 10.6. The summed E-state index contributed by atoms with van der Waals surface area (Å²) in [6, 6.07) is 0.154. The Morgan fingerprint density at radius 2 is 2.19 bits per heavy atom. The van der Waals surface area contributed by atoms with Gasteiger partial charge in [0.2, 0.25) is 0 Å². The van der Waals surface area contributed by atoms with E-state index >= 15 is 0 Å².